The average Bonchev–Trinajstić information content (AvgIpc) is 2.94. The first-order valence-corrected chi connectivity index (χ1v) is 21.0. The largest absolute Gasteiger partial charge is 0.183 e. The smallest absolute Gasteiger partial charge is 0.0777 e. The van der Waals surface area contributed by atoms with Crippen molar-refractivity contribution >= 4 is 11.8 Å². The number of hydrogen-bond acceptors (Lipinski definition) is 5. The van der Waals surface area contributed by atoms with E-state index < -0.39 is 10.2 Å². The van der Waals surface area contributed by atoms with Gasteiger partial charge in [-0.3, -0.25) is 0 Å². The minimum Gasteiger partial charge on any atom is -0.183 e. The second-order valence-corrected chi connectivity index (χ2v) is 14.6. The maximum absolute atomic E-state index is 8.60. The van der Waals surface area contributed by atoms with Gasteiger partial charge in [0.1, 0.15) is 0 Å². The number of unbranched alkanes of at least 4 members (excludes halogenated alkanes) is 30. The normalized spacial score (nSPS) is 11.6. The zero-order valence-electron chi connectivity index (χ0n) is 28.5. The van der Waals surface area contributed by atoms with E-state index in [2.05, 4.69) is 25.6 Å². The fourth-order valence-electron chi connectivity index (χ4n) is 5.61. The lowest BCUT2D eigenvalue weighted by Gasteiger charge is -2.05. The number of halogens is 1. The summed E-state index contributed by atoms with van der Waals surface area (Å²) in [4.78, 5) is 0. The Kier molecular flexibility index (Phi) is 42.0. The Morgan fingerprint density at radius 2 is 0.476 bits per heavy atom. The van der Waals surface area contributed by atoms with Gasteiger partial charge in [-0.2, -0.15) is 25.7 Å². The maximum Gasteiger partial charge on any atom is 0.0777 e. The van der Waals surface area contributed by atoms with E-state index in [4.69, 9.17) is 18.6 Å². The van der Waals surface area contributed by atoms with Crippen LogP contribution < -0.4 is 14.0 Å². The molecule has 0 spiro atoms. The molecule has 256 valence electrons. The fourth-order valence-corrected chi connectivity index (χ4v) is 6.63. The molecule has 0 saturated carbocycles. The predicted octanol–water partition coefficient (Wildman–Crippen LogP) is 10.1. The van der Waals surface area contributed by atoms with Gasteiger partial charge in [0.05, 0.1) is 14.9 Å². The van der Waals surface area contributed by atoms with Gasteiger partial charge < -0.3 is 0 Å². The zero-order chi connectivity index (χ0) is 31.2. The molecule has 0 radical (unpaired) electrons. The Hall–Kier alpha value is 0.480. The minimum absolute atomic E-state index is 1.37. The quantitative estimate of drug-likeness (QED) is 0.0708. The highest BCUT2D eigenvalue weighted by Crippen LogP contribution is 2.17. The van der Waals surface area contributed by atoms with Crippen molar-refractivity contribution in [2.45, 2.75) is 219 Å². The lowest BCUT2D eigenvalue weighted by molar-refractivity contribution is -1.92. The molecule has 4 nitrogen and oxygen atoms in total. The first-order valence-electron chi connectivity index (χ1n) is 18.6. The Labute approximate surface area is 270 Å². The molecule has 6 heteroatoms. The summed E-state index contributed by atoms with van der Waals surface area (Å²) in [6, 6.07) is 0. The second kappa shape index (κ2) is 39.5. The topological polar surface area (TPSA) is 89.4 Å². The van der Waals surface area contributed by atoms with E-state index >= 15 is 0 Å². The highest BCUT2D eigenvalue weighted by Gasteiger charge is 1.99. The highest BCUT2D eigenvalue weighted by atomic mass is 35.7. The van der Waals surface area contributed by atoms with Crippen LogP contribution in [-0.2, 0) is 0 Å². The molecule has 1 N–H and O–H groups in total. The third kappa shape index (κ3) is 53.1. The number of hydrogen-bond donors (Lipinski definition) is 1. The van der Waals surface area contributed by atoms with Gasteiger partial charge in [-0.05, 0) is 24.3 Å². The van der Waals surface area contributed by atoms with Crippen LogP contribution in [0.2, 0.25) is 0 Å². The van der Waals surface area contributed by atoms with Crippen molar-refractivity contribution < 1.29 is 28.9 Å². The van der Waals surface area contributed by atoms with Crippen molar-refractivity contribution in [3.63, 3.8) is 0 Å². The van der Waals surface area contributed by atoms with Gasteiger partial charge in [0, 0.05) is 0 Å². The summed E-state index contributed by atoms with van der Waals surface area (Å²) in [5.41, 5.74) is 0. The van der Waals surface area contributed by atoms with Gasteiger partial charge in [0.25, 0.3) is 0 Å². The van der Waals surface area contributed by atoms with E-state index in [0.29, 0.717) is 0 Å². The van der Waals surface area contributed by atoms with Crippen molar-refractivity contribution in [1.29, 1.82) is 0 Å². The third-order valence-electron chi connectivity index (χ3n) is 8.28. The summed E-state index contributed by atoms with van der Waals surface area (Å²) in [7, 11) is -4.69. The number of thioether (sulfide) groups is 1. The molecule has 0 bridgehead atoms. The van der Waals surface area contributed by atoms with E-state index in [-0.39, 0.29) is 0 Å². The summed E-state index contributed by atoms with van der Waals surface area (Å²) in [6.45, 7) is 4.62. The molecule has 0 aromatic heterocycles. The summed E-state index contributed by atoms with van der Waals surface area (Å²) in [6.07, 6.45) is 47.2. The van der Waals surface area contributed by atoms with E-state index in [9.17, 15) is 0 Å². The highest BCUT2D eigenvalue weighted by molar-refractivity contribution is 7.99. The van der Waals surface area contributed by atoms with Crippen LogP contribution in [0, 0.1) is 10.2 Å². The van der Waals surface area contributed by atoms with Crippen LogP contribution in [0.4, 0.5) is 0 Å². The van der Waals surface area contributed by atoms with Crippen LogP contribution >= 0.6 is 11.8 Å². The molecule has 0 aliphatic heterocycles. The lowest BCUT2D eigenvalue weighted by atomic mass is 10.0. The molecule has 0 amide bonds. The summed E-state index contributed by atoms with van der Waals surface area (Å²) >= 11 is 2.23. The Morgan fingerprint density at radius 1 is 0.333 bits per heavy atom. The number of rotatable bonds is 34. The van der Waals surface area contributed by atoms with Gasteiger partial charge in [0.15, 0.2) is 0 Å². The summed E-state index contributed by atoms with van der Waals surface area (Å²) in [5, 5.41) is 0. The van der Waals surface area contributed by atoms with E-state index in [1.807, 2.05) is 0 Å². The first kappa shape index (κ1) is 44.6. The maximum atomic E-state index is 8.60. The van der Waals surface area contributed by atoms with Gasteiger partial charge in [-0.25, -0.2) is 0 Å². The minimum atomic E-state index is -4.69. The van der Waals surface area contributed by atoms with E-state index in [1.165, 1.54) is 217 Å². The van der Waals surface area contributed by atoms with Gasteiger partial charge in [-0.15, -0.1) is 0 Å². The molecular weight excluding hydrogens is 564 g/mol. The molecule has 0 heterocycles. The Bertz CT molecular complexity index is 422. The summed E-state index contributed by atoms with van der Waals surface area (Å²) in [5.74, 6) is 2.83. The average molecular weight is 640 g/mol. The van der Waals surface area contributed by atoms with Crippen molar-refractivity contribution in [3.05, 3.63) is 0 Å². The van der Waals surface area contributed by atoms with Gasteiger partial charge in [-0.1, -0.05) is 206 Å². The molecule has 0 saturated heterocycles. The molecule has 0 aliphatic carbocycles. The molecule has 0 rings (SSSR count). The van der Waals surface area contributed by atoms with Crippen LogP contribution in [0.5, 0.6) is 0 Å². The molecule has 0 fully saturated rings. The fraction of sp³-hybridized carbons (Fsp3) is 1.00. The summed E-state index contributed by atoms with van der Waals surface area (Å²) < 4.78 is 32.7. The molecule has 0 aliphatic rings. The zero-order valence-corrected chi connectivity index (χ0v) is 30.1. The van der Waals surface area contributed by atoms with Crippen LogP contribution in [0.25, 0.3) is 0 Å². The second-order valence-electron chi connectivity index (χ2n) is 12.6. The Balaban J connectivity index is 0. The van der Waals surface area contributed by atoms with E-state index in [0.717, 1.165) is 0 Å². The molecule has 0 atom stereocenters. The monoisotopic (exact) mass is 639 g/mol. The van der Waals surface area contributed by atoms with Gasteiger partial charge in [0.2, 0.25) is 0 Å². The molecule has 0 aromatic rings. The molecule has 0 aromatic carbocycles. The molecular formula is C36H75ClO4S. The SMILES string of the molecule is CCCCCCCCCCCCCCCCCCSCCCCCCCCCCCCCCCCCC.[O-][Cl+3]([O-])([O-])O. The van der Waals surface area contributed by atoms with E-state index in [1.54, 1.807) is 0 Å². The van der Waals surface area contributed by atoms with Crippen LogP contribution in [0.1, 0.15) is 219 Å². The third-order valence-corrected chi connectivity index (χ3v) is 9.44. The first-order chi connectivity index (χ1) is 20.4. The molecule has 42 heavy (non-hydrogen) atoms. The van der Waals surface area contributed by atoms with Crippen molar-refractivity contribution in [2.75, 3.05) is 11.5 Å². The van der Waals surface area contributed by atoms with Crippen molar-refractivity contribution in [2.24, 2.45) is 0 Å². The van der Waals surface area contributed by atoms with Crippen LogP contribution in [0.3, 0.4) is 0 Å². The van der Waals surface area contributed by atoms with Crippen molar-refractivity contribution in [3.8, 4) is 0 Å². The predicted molar refractivity (Wildman–Crippen MR) is 179 cm³/mol. The van der Waals surface area contributed by atoms with Gasteiger partial charge >= 0.3 is 0 Å². The molecule has 0 unspecified atom stereocenters. The lowest BCUT2D eigenvalue weighted by Crippen LogP contribution is -2.58. The van der Waals surface area contributed by atoms with Crippen LogP contribution in [0.15, 0.2) is 0 Å². The Morgan fingerprint density at radius 3 is 0.643 bits per heavy atom. The standard InChI is InChI=1S/C36H74S.ClHO4/c1-3-5-7-9-11-13-15-17-19-21-23-25-27-29-31-33-35-37-36-34-32-30-28-26-24-22-20-18-16-14-12-10-8-6-4-2;2-1(3,4)5/h3-36H2,1-2H3;(H,2,3,4,5). The van der Waals surface area contributed by atoms with Crippen molar-refractivity contribution in [1.82, 2.24) is 0 Å². The van der Waals surface area contributed by atoms with Crippen LogP contribution in [-0.4, -0.2) is 16.2 Å².